The third kappa shape index (κ3) is 7.80. The second kappa shape index (κ2) is 15.1. The summed E-state index contributed by atoms with van der Waals surface area (Å²) in [6, 6.07) is 3.88. The fraction of sp³-hybridized carbons (Fsp3) is 0.472. The van der Waals surface area contributed by atoms with E-state index in [1.807, 2.05) is 0 Å². The first-order valence-electron chi connectivity index (χ1n) is 17.3. The molecule has 13 nitrogen and oxygen atoms in total. The van der Waals surface area contributed by atoms with Gasteiger partial charge in [-0.15, -0.1) is 6.42 Å². The maximum absolute atomic E-state index is 17.0. The number of piperidine rings is 1. The van der Waals surface area contributed by atoms with E-state index in [1.165, 1.54) is 18.2 Å². The van der Waals surface area contributed by atoms with Gasteiger partial charge in [-0.3, -0.25) is 0 Å². The SMILES string of the molecule is C#Cc1c(F)ccc2cc(O)cc(-c3nc4c5c(nc(OC(O)(O)C6CN(C(O)(O)O)CCC6C(F)F)nc5c3F)NC(CNCCCC)CCC4)c12. The highest BCUT2D eigenvalue weighted by molar-refractivity contribution is 6.03. The molecule has 0 bridgehead atoms. The van der Waals surface area contributed by atoms with Crippen molar-refractivity contribution >= 4 is 27.5 Å². The number of benzene rings is 2. The molecule has 0 amide bonds. The molecule has 0 saturated carbocycles. The Balaban J connectivity index is 1.52. The normalized spacial score (nSPS) is 19.9. The van der Waals surface area contributed by atoms with Crippen LogP contribution in [-0.2, 0) is 6.42 Å². The molecule has 3 atom stereocenters. The minimum Gasteiger partial charge on any atom is -0.508 e. The van der Waals surface area contributed by atoms with Crippen LogP contribution in [0.15, 0.2) is 24.3 Å². The first-order chi connectivity index (χ1) is 25.1. The van der Waals surface area contributed by atoms with Gasteiger partial charge in [0.25, 0.3) is 0 Å². The van der Waals surface area contributed by atoms with Crippen molar-refractivity contribution in [2.24, 2.45) is 11.8 Å². The van der Waals surface area contributed by atoms with Gasteiger partial charge in [-0.25, -0.2) is 27.4 Å². The van der Waals surface area contributed by atoms with Gasteiger partial charge in [0, 0.05) is 42.5 Å². The van der Waals surface area contributed by atoms with Gasteiger partial charge in [0.2, 0.25) is 6.43 Å². The van der Waals surface area contributed by atoms with E-state index in [9.17, 15) is 43.8 Å². The quantitative estimate of drug-likeness (QED) is 0.0484. The number of hydrogen-bond donors (Lipinski definition) is 8. The number of phenols is 1. The van der Waals surface area contributed by atoms with Crippen molar-refractivity contribution in [2.45, 2.75) is 70.0 Å². The number of halogens is 4. The minimum absolute atomic E-state index is 0.0114. The van der Waals surface area contributed by atoms with Crippen LogP contribution in [-0.4, -0.2) is 101 Å². The molecule has 0 radical (unpaired) electrons. The second-order valence-corrected chi connectivity index (χ2v) is 13.4. The largest absolute Gasteiger partial charge is 0.508 e. The Labute approximate surface area is 301 Å². The molecule has 0 spiro atoms. The molecule has 53 heavy (non-hydrogen) atoms. The van der Waals surface area contributed by atoms with E-state index in [2.05, 4.69) is 38.4 Å². The summed E-state index contributed by atoms with van der Waals surface area (Å²) >= 11 is 0. The zero-order chi connectivity index (χ0) is 38.2. The summed E-state index contributed by atoms with van der Waals surface area (Å²) in [7, 11) is 0. The third-order valence-corrected chi connectivity index (χ3v) is 9.83. The second-order valence-electron chi connectivity index (χ2n) is 13.4. The number of aromatic hydroxyl groups is 1. The van der Waals surface area contributed by atoms with Crippen LogP contribution in [0.4, 0.5) is 23.4 Å². The Kier molecular flexibility index (Phi) is 10.9. The number of nitrogens with zero attached hydrogens (tertiary/aromatic N) is 4. The fourth-order valence-corrected chi connectivity index (χ4v) is 7.15. The van der Waals surface area contributed by atoms with Crippen molar-refractivity contribution in [1.82, 2.24) is 25.2 Å². The lowest BCUT2D eigenvalue weighted by Gasteiger charge is -2.44. The van der Waals surface area contributed by atoms with E-state index < -0.39 is 73.0 Å². The lowest BCUT2D eigenvalue weighted by Crippen LogP contribution is -2.61. The molecular weight excluding hydrogens is 704 g/mol. The summed E-state index contributed by atoms with van der Waals surface area (Å²) in [5, 5.41) is 69.2. The third-order valence-electron chi connectivity index (χ3n) is 9.83. The number of hydrogen-bond acceptors (Lipinski definition) is 13. The maximum Gasteiger partial charge on any atom is 0.345 e. The lowest BCUT2D eigenvalue weighted by molar-refractivity contribution is -0.413. The Morgan fingerprint density at radius 2 is 1.87 bits per heavy atom. The van der Waals surface area contributed by atoms with Crippen LogP contribution < -0.4 is 15.4 Å². The standard InChI is InChI=1S/C36H40F4N6O7/c1-3-5-12-41-16-19-7-6-8-26-28-31(29(38)30(43-26)23-15-20(47)14-18-9-10-25(37)21(4-2)27(18)23)44-34(45-33(28)42-19)53-35(48,49)24-17-46(36(50,51)52)13-11-22(24)32(39)40/h2,9-10,14-15,19,22,24,32,41,47-52H,3,5-8,11-13,16-17H2,1H3,(H,42,44,45). The number of unbranched alkanes of at least 4 members (excludes halogenated alkanes) is 1. The average Bonchev–Trinajstić information content (AvgIpc) is 3.09. The highest BCUT2D eigenvalue weighted by Crippen LogP contribution is 2.42. The molecule has 284 valence electrons. The van der Waals surface area contributed by atoms with E-state index in [0.717, 1.165) is 25.5 Å². The van der Waals surface area contributed by atoms with Crippen molar-refractivity contribution in [1.29, 1.82) is 0 Å². The number of fused-ring (bicyclic) bond motifs is 1. The van der Waals surface area contributed by atoms with Crippen molar-refractivity contribution in [3.63, 3.8) is 0 Å². The fourth-order valence-electron chi connectivity index (χ4n) is 7.15. The zero-order valence-corrected chi connectivity index (χ0v) is 28.7. The summed E-state index contributed by atoms with van der Waals surface area (Å²) in [4.78, 5) is 13.7. The van der Waals surface area contributed by atoms with Gasteiger partial charge in [-0.05, 0) is 62.2 Å². The summed E-state index contributed by atoms with van der Waals surface area (Å²) < 4.78 is 65.7. The van der Waals surface area contributed by atoms with Gasteiger partial charge < -0.3 is 46.0 Å². The van der Waals surface area contributed by atoms with Crippen LogP contribution in [0.3, 0.4) is 0 Å². The molecule has 2 aromatic heterocycles. The topological polar surface area (TPSA) is 197 Å². The number of aromatic nitrogens is 3. The number of terminal acetylenes is 1. The zero-order valence-electron chi connectivity index (χ0n) is 28.7. The van der Waals surface area contributed by atoms with Crippen LogP contribution in [0.25, 0.3) is 32.9 Å². The van der Waals surface area contributed by atoms with Crippen LogP contribution in [0.1, 0.15) is 50.3 Å². The van der Waals surface area contributed by atoms with Gasteiger partial charge in [-0.1, -0.05) is 25.3 Å². The summed E-state index contributed by atoms with van der Waals surface area (Å²) in [6.07, 6.45) is 1.93. The number of ether oxygens (including phenoxy) is 1. The number of alkyl halides is 2. The molecule has 6 rings (SSSR count). The van der Waals surface area contributed by atoms with Gasteiger partial charge in [-0.2, -0.15) is 9.97 Å². The highest BCUT2D eigenvalue weighted by Gasteiger charge is 2.52. The molecule has 8 N–H and O–H groups in total. The number of likely N-dealkylation sites (tertiary alicyclic amines) is 1. The molecule has 4 aromatic rings. The highest BCUT2D eigenvalue weighted by atomic mass is 19.3. The molecule has 2 aromatic carbocycles. The first kappa shape index (κ1) is 38.3. The summed E-state index contributed by atoms with van der Waals surface area (Å²) in [6.45, 7) is 1.95. The Morgan fingerprint density at radius 1 is 1.09 bits per heavy atom. The number of phenolic OH excluding ortho intramolecular Hbond substituents is 1. The van der Waals surface area contributed by atoms with Crippen molar-refractivity contribution < 1.29 is 52.9 Å². The molecule has 2 aliphatic heterocycles. The number of aryl methyl sites for hydroxylation is 1. The number of pyridine rings is 1. The molecule has 4 heterocycles. The molecular formula is C36H40F4N6O7. The van der Waals surface area contributed by atoms with Crippen LogP contribution in [0, 0.1) is 35.8 Å². The first-order valence-corrected chi connectivity index (χ1v) is 17.3. The van der Waals surface area contributed by atoms with E-state index in [0.29, 0.717) is 41.8 Å². The van der Waals surface area contributed by atoms with E-state index >= 15 is 4.39 Å². The Morgan fingerprint density at radius 3 is 2.57 bits per heavy atom. The molecule has 1 fully saturated rings. The van der Waals surface area contributed by atoms with Crippen LogP contribution >= 0.6 is 0 Å². The predicted molar refractivity (Wildman–Crippen MR) is 184 cm³/mol. The summed E-state index contributed by atoms with van der Waals surface area (Å²) in [5.41, 5.74) is -0.747. The van der Waals surface area contributed by atoms with Gasteiger partial charge in [0.15, 0.2) is 5.82 Å². The number of rotatable bonds is 11. The minimum atomic E-state index is -3.51. The Bertz CT molecular complexity index is 2040. The lowest BCUT2D eigenvalue weighted by atomic mass is 9.83. The van der Waals surface area contributed by atoms with E-state index in [4.69, 9.17) is 11.2 Å². The summed E-state index contributed by atoms with van der Waals surface area (Å²) in [5.74, 6) is -7.12. The monoisotopic (exact) mass is 744 g/mol. The number of anilines is 1. The van der Waals surface area contributed by atoms with Crippen LogP contribution in [0.5, 0.6) is 11.8 Å². The van der Waals surface area contributed by atoms with Gasteiger partial charge in [0.05, 0.1) is 22.6 Å². The van der Waals surface area contributed by atoms with Gasteiger partial charge >= 0.3 is 18.1 Å². The molecule has 17 heteroatoms. The van der Waals surface area contributed by atoms with Crippen molar-refractivity contribution in [3.8, 4) is 35.4 Å². The van der Waals surface area contributed by atoms with Crippen molar-refractivity contribution in [2.75, 3.05) is 31.5 Å². The molecule has 2 aliphatic rings. The van der Waals surface area contributed by atoms with Crippen LogP contribution in [0.2, 0.25) is 0 Å². The molecule has 1 saturated heterocycles. The molecule has 0 aliphatic carbocycles. The molecule has 3 unspecified atom stereocenters. The number of nitrogens with one attached hydrogen (secondary N) is 2. The Hall–Kier alpha value is -4.41. The number of aliphatic hydroxyl groups is 5. The van der Waals surface area contributed by atoms with Gasteiger partial charge in [0.1, 0.15) is 28.6 Å². The van der Waals surface area contributed by atoms with E-state index in [1.54, 1.807) is 0 Å². The average molecular weight is 745 g/mol. The van der Waals surface area contributed by atoms with Crippen molar-refractivity contribution in [3.05, 3.63) is 47.2 Å². The smallest absolute Gasteiger partial charge is 0.345 e. The van der Waals surface area contributed by atoms with E-state index in [-0.39, 0.29) is 45.2 Å². The predicted octanol–water partition coefficient (Wildman–Crippen LogP) is 3.13. The maximum atomic E-state index is 17.0.